The number of para-hydroxylation sites is 1. The smallest absolute Gasteiger partial charge is 0.290 e. The number of carbonyl (C=O) groups excluding carboxylic acids is 2. The van der Waals surface area contributed by atoms with Gasteiger partial charge in [-0.25, -0.2) is 4.98 Å². The lowest BCUT2D eigenvalue weighted by Gasteiger charge is -2.25. The number of carbonyl (C=O) groups is 2. The summed E-state index contributed by atoms with van der Waals surface area (Å²) in [6.07, 6.45) is 2.53. The van der Waals surface area contributed by atoms with E-state index in [4.69, 9.17) is 0 Å². The van der Waals surface area contributed by atoms with Gasteiger partial charge in [-0.05, 0) is 19.4 Å². The quantitative estimate of drug-likeness (QED) is 0.370. The number of aliphatic hydroxyl groups is 1. The van der Waals surface area contributed by atoms with Crippen LogP contribution in [0.25, 0.3) is 21.5 Å². The number of ketones is 1. The van der Waals surface area contributed by atoms with Crippen molar-refractivity contribution < 1.29 is 14.7 Å². The van der Waals surface area contributed by atoms with Crippen molar-refractivity contribution in [3.8, 4) is 10.6 Å². The summed E-state index contributed by atoms with van der Waals surface area (Å²) in [5, 5.41) is 12.5. The van der Waals surface area contributed by atoms with Crippen molar-refractivity contribution in [3.05, 3.63) is 88.3 Å². The highest BCUT2D eigenvalue weighted by molar-refractivity contribution is 7.17. The molecule has 0 spiro atoms. The Balaban J connectivity index is 1.63. The summed E-state index contributed by atoms with van der Waals surface area (Å²) < 4.78 is 0. The van der Waals surface area contributed by atoms with Gasteiger partial charge < -0.3 is 15.0 Å². The minimum Gasteiger partial charge on any atom is -0.503 e. The average Bonchev–Trinajstić information content (AvgIpc) is 3.50. The summed E-state index contributed by atoms with van der Waals surface area (Å²) in [5.74, 6) is -1.34. The van der Waals surface area contributed by atoms with Crippen molar-refractivity contribution in [1.82, 2.24) is 14.9 Å². The third kappa shape index (κ3) is 3.45. The number of Topliss-reactive ketones (excluding diaryl/α,β-unsaturated/α-hetero) is 1. The van der Waals surface area contributed by atoms with Crippen LogP contribution in [0.15, 0.2) is 72.1 Å². The molecule has 0 saturated carbocycles. The number of amides is 1. The van der Waals surface area contributed by atoms with Gasteiger partial charge in [0.05, 0.1) is 22.2 Å². The van der Waals surface area contributed by atoms with Crippen LogP contribution < -0.4 is 0 Å². The molecule has 1 atom stereocenters. The fourth-order valence-electron chi connectivity index (χ4n) is 4.43. The minimum absolute atomic E-state index is 0.115. The summed E-state index contributed by atoms with van der Waals surface area (Å²) in [6.45, 7) is 4.19. The molecule has 6 nitrogen and oxygen atoms in total. The first-order valence-electron chi connectivity index (χ1n) is 10.9. The van der Waals surface area contributed by atoms with Crippen LogP contribution in [0.3, 0.4) is 0 Å². The maximum absolute atomic E-state index is 13.8. The second-order valence-electron chi connectivity index (χ2n) is 8.08. The van der Waals surface area contributed by atoms with Gasteiger partial charge in [-0.2, -0.15) is 0 Å². The molecule has 0 aliphatic carbocycles. The highest BCUT2D eigenvalue weighted by Crippen LogP contribution is 2.43. The van der Waals surface area contributed by atoms with Crippen LogP contribution >= 0.6 is 11.3 Å². The van der Waals surface area contributed by atoms with Crippen molar-refractivity contribution in [3.63, 3.8) is 0 Å². The highest BCUT2D eigenvalue weighted by atomic mass is 32.1. The fourth-order valence-corrected chi connectivity index (χ4v) is 5.46. The molecule has 0 fully saturated rings. The average molecular weight is 458 g/mol. The lowest BCUT2D eigenvalue weighted by Crippen LogP contribution is -2.31. The number of aromatic amines is 1. The second kappa shape index (κ2) is 8.33. The molecule has 0 bridgehead atoms. The number of nitrogens with one attached hydrogen (secondary N) is 1. The number of benzene rings is 2. The zero-order chi connectivity index (χ0) is 23.1. The molecule has 0 radical (unpaired) electrons. The normalized spacial score (nSPS) is 16.2. The van der Waals surface area contributed by atoms with E-state index >= 15 is 0 Å². The SMILES string of the molecule is CCCN1C(=O)C(O)=C(C(=O)c2sc(-c3ccccc3)nc2C)C1c1c[nH]c2ccccc12. The highest BCUT2D eigenvalue weighted by Gasteiger charge is 2.45. The summed E-state index contributed by atoms with van der Waals surface area (Å²) in [7, 11) is 0. The van der Waals surface area contributed by atoms with Gasteiger partial charge in [-0.3, -0.25) is 9.59 Å². The topological polar surface area (TPSA) is 86.3 Å². The Morgan fingerprint density at radius 3 is 2.64 bits per heavy atom. The number of aromatic nitrogens is 2. The van der Waals surface area contributed by atoms with Gasteiger partial charge in [-0.1, -0.05) is 55.5 Å². The van der Waals surface area contributed by atoms with Gasteiger partial charge >= 0.3 is 0 Å². The Morgan fingerprint density at radius 1 is 1.15 bits per heavy atom. The van der Waals surface area contributed by atoms with Crippen LogP contribution in [0.1, 0.15) is 40.3 Å². The summed E-state index contributed by atoms with van der Waals surface area (Å²) in [5.41, 5.74) is 3.33. The van der Waals surface area contributed by atoms with Crippen molar-refractivity contribution in [2.24, 2.45) is 0 Å². The lowest BCUT2D eigenvalue weighted by molar-refractivity contribution is -0.129. The Kier molecular flexibility index (Phi) is 5.34. The zero-order valence-corrected chi connectivity index (χ0v) is 19.1. The third-order valence-electron chi connectivity index (χ3n) is 5.95. The van der Waals surface area contributed by atoms with Gasteiger partial charge in [0.1, 0.15) is 5.01 Å². The number of aryl methyl sites for hydroxylation is 1. The molecule has 1 aliphatic heterocycles. The van der Waals surface area contributed by atoms with E-state index in [1.54, 1.807) is 11.8 Å². The molecular formula is C26H23N3O3S. The van der Waals surface area contributed by atoms with E-state index in [9.17, 15) is 14.7 Å². The van der Waals surface area contributed by atoms with E-state index < -0.39 is 17.7 Å². The van der Waals surface area contributed by atoms with Crippen molar-refractivity contribution in [1.29, 1.82) is 0 Å². The van der Waals surface area contributed by atoms with Crippen molar-refractivity contribution >= 4 is 33.9 Å². The first kappa shape index (κ1) is 21.2. The summed E-state index contributed by atoms with van der Waals surface area (Å²) >= 11 is 1.28. The molecule has 166 valence electrons. The maximum atomic E-state index is 13.8. The van der Waals surface area contributed by atoms with Crippen LogP contribution in [0.5, 0.6) is 0 Å². The maximum Gasteiger partial charge on any atom is 0.290 e. The molecule has 4 aromatic rings. The monoisotopic (exact) mass is 457 g/mol. The number of rotatable bonds is 6. The molecule has 0 saturated heterocycles. The number of thiazole rings is 1. The molecule has 1 unspecified atom stereocenters. The number of nitrogens with zero attached hydrogens (tertiary/aromatic N) is 2. The molecule has 5 rings (SSSR count). The largest absolute Gasteiger partial charge is 0.503 e. The Bertz CT molecular complexity index is 1400. The van der Waals surface area contributed by atoms with Crippen LogP contribution in [-0.2, 0) is 4.79 Å². The van der Waals surface area contributed by atoms with E-state index in [1.807, 2.05) is 67.7 Å². The lowest BCUT2D eigenvalue weighted by atomic mass is 9.94. The predicted octanol–water partition coefficient (Wildman–Crippen LogP) is 5.59. The number of H-pyrrole nitrogens is 1. The molecule has 1 amide bonds. The molecule has 1 aliphatic rings. The zero-order valence-electron chi connectivity index (χ0n) is 18.3. The molecule has 7 heteroatoms. The van der Waals surface area contributed by atoms with Gasteiger partial charge in [0.15, 0.2) is 5.76 Å². The van der Waals surface area contributed by atoms with E-state index in [-0.39, 0.29) is 11.4 Å². The van der Waals surface area contributed by atoms with Crippen LogP contribution in [-0.4, -0.2) is 38.2 Å². The molecule has 2 aromatic carbocycles. The van der Waals surface area contributed by atoms with Gasteiger partial charge in [-0.15, -0.1) is 11.3 Å². The molecule has 2 aromatic heterocycles. The molecule has 3 heterocycles. The van der Waals surface area contributed by atoms with Crippen LogP contribution in [0.4, 0.5) is 0 Å². The van der Waals surface area contributed by atoms with Gasteiger partial charge in [0.2, 0.25) is 5.78 Å². The summed E-state index contributed by atoms with van der Waals surface area (Å²) in [4.78, 5) is 36.7. The number of hydrogen-bond donors (Lipinski definition) is 2. The summed E-state index contributed by atoms with van der Waals surface area (Å²) in [6, 6.07) is 16.8. The minimum atomic E-state index is -0.664. The van der Waals surface area contributed by atoms with Gasteiger partial charge in [0.25, 0.3) is 5.91 Å². The fraction of sp³-hybridized carbons (Fsp3) is 0.192. The van der Waals surface area contributed by atoms with E-state index in [1.165, 1.54) is 11.3 Å². The first-order valence-corrected chi connectivity index (χ1v) is 11.7. The van der Waals surface area contributed by atoms with Crippen molar-refractivity contribution in [2.75, 3.05) is 6.54 Å². The Morgan fingerprint density at radius 2 is 1.88 bits per heavy atom. The predicted molar refractivity (Wildman–Crippen MR) is 129 cm³/mol. The number of fused-ring (bicyclic) bond motifs is 1. The van der Waals surface area contributed by atoms with E-state index in [0.29, 0.717) is 23.5 Å². The first-order chi connectivity index (χ1) is 16.0. The number of aliphatic hydroxyl groups excluding tert-OH is 1. The standard InChI is InChI=1S/C26H23N3O3S/c1-3-13-29-21(18-14-27-19-12-8-7-11-17(18)19)20(23(31)26(29)32)22(30)24-15(2)28-25(33-24)16-9-5-4-6-10-16/h4-12,14,21,27,31H,3,13H2,1-2H3. The second-order valence-corrected chi connectivity index (χ2v) is 9.08. The Labute approximate surface area is 195 Å². The van der Waals surface area contributed by atoms with E-state index in [2.05, 4.69) is 9.97 Å². The van der Waals surface area contributed by atoms with Crippen LogP contribution in [0, 0.1) is 6.92 Å². The van der Waals surface area contributed by atoms with Gasteiger partial charge in [0, 0.05) is 34.8 Å². The number of hydrogen-bond acceptors (Lipinski definition) is 5. The van der Waals surface area contributed by atoms with Crippen molar-refractivity contribution in [2.45, 2.75) is 26.3 Å². The van der Waals surface area contributed by atoms with E-state index in [0.717, 1.165) is 27.0 Å². The third-order valence-corrected chi connectivity index (χ3v) is 7.16. The molecule has 2 N–H and O–H groups in total. The molecule has 33 heavy (non-hydrogen) atoms. The van der Waals surface area contributed by atoms with Crippen LogP contribution in [0.2, 0.25) is 0 Å². The molecular weight excluding hydrogens is 434 g/mol. The Hall–Kier alpha value is -3.71.